The van der Waals surface area contributed by atoms with Crippen LogP contribution in [0.25, 0.3) is 11.1 Å². The van der Waals surface area contributed by atoms with E-state index in [1.807, 2.05) is 36.4 Å². The van der Waals surface area contributed by atoms with Gasteiger partial charge in [0.05, 0.1) is 0 Å². The second-order valence-electron chi connectivity index (χ2n) is 4.58. The van der Waals surface area contributed by atoms with Crippen LogP contribution < -0.4 is 5.32 Å². The van der Waals surface area contributed by atoms with Crippen molar-refractivity contribution < 1.29 is 4.39 Å². The lowest BCUT2D eigenvalue weighted by molar-refractivity contribution is 0.628. The summed E-state index contributed by atoms with van der Waals surface area (Å²) in [5, 5.41) is 3.18. The van der Waals surface area contributed by atoms with Gasteiger partial charge in [0.25, 0.3) is 0 Å². The van der Waals surface area contributed by atoms with E-state index in [1.165, 1.54) is 17.7 Å². The van der Waals surface area contributed by atoms with Gasteiger partial charge < -0.3 is 5.32 Å². The molecule has 0 aliphatic heterocycles. The van der Waals surface area contributed by atoms with Gasteiger partial charge in [-0.25, -0.2) is 4.39 Å². The van der Waals surface area contributed by atoms with Gasteiger partial charge in [-0.15, -0.1) is 0 Å². The van der Waals surface area contributed by atoms with Crippen molar-refractivity contribution in [2.75, 3.05) is 5.32 Å². The van der Waals surface area contributed by atoms with Gasteiger partial charge in [-0.3, -0.25) is 0 Å². The molecule has 0 unspecified atom stereocenters. The Morgan fingerprint density at radius 3 is 2.00 bits per heavy atom. The molecule has 0 spiro atoms. The zero-order valence-electron chi connectivity index (χ0n) is 10.9. The predicted octanol–water partition coefficient (Wildman–Crippen LogP) is 5.24. The average Bonchev–Trinajstić information content (AvgIpc) is 2.49. The molecular formula is C18H14FN. The van der Waals surface area contributed by atoms with E-state index in [-0.39, 0.29) is 5.82 Å². The molecule has 0 aliphatic rings. The molecule has 0 atom stereocenters. The maximum Gasteiger partial charge on any atom is 0.125 e. The molecular weight excluding hydrogens is 249 g/mol. The number of halogens is 1. The number of hydrogen-bond acceptors (Lipinski definition) is 1. The Hall–Kier alpha value is -2.61. The van der Waals surface area contributed by atoms with Crippen LogP contribution >= 0.6 is 0 Å². The van der Waals surface area contributed by atoms with Gasteiger partial charge in [0.15, 0.2) is 0 Å². The molecule has 0 aromatic heterocycles. The molecule has 3 rings (SSSR count). The van der Waals surface area contributed by atoms with Crippen LogP contribution in [0.4, 0.5) is 15.8 Å². The average molecular weight is 263 g/mol. The Morgan fingerprint density at radius 1 is 0.600 bits per heavy atom. The summed E-state index contributed by atoms with van der Waals surface area (Å²) in [6.45, 7) is 0. The van der Waals surface area contributed by atoms with Crippen LogP contribution in [-0.2, 0) is 0 Å². The van der Waals surface area contributed by atoms with Crippen LogP contribution in [-0.4, -0.2) is 0 Å². The second kappa shape index (κ2) is 5.57. The van der Waals surface area contributed by atoms with Crippen molar-refractivity contribution in [3.05, 3.63) is 84.7 Å². The van der Waals surface area contributed by atoms with Crippen LogP contribution in [0.5, 0.6) is 0 Å². The fourth-order valence-corrected chi connectivity index (χ4v) is 2.11. The summed E-state index contributed by atoms with van der Waals surface area (Å²) in [5.41, 5.74) is 4.04. The number of benzene rings is 3. The Labute approximate surface area is 117 Å². The molecule has 1 nitrogen and oxygen atoms in total. The SMILES string of the molecule is Fc1cccc(Nc2ccc(-c3ccccc3)cc2)c1. The smallest absolute Gasteiger partial charge is 0.125 e. The highest BCUT2D eigenvalue weighted by Gasteiger charge is 1.99. The summed E-state index contributed by atoms with van der Waals surface area (Å²) in [7, 11) is 0. The minimum Gasteiger partial charge on any atom is -0.355 e. The molecule has 0 saturated heterocycles. The first-order valence-electron chi connectivity index (χ1n) is 6.49. The summed E-state index contributed by atoms with van der Waals surface area (Å²) < 4.78 is 13.1. The number of hydrogen-bond donors (Lipinski definition) is 1. The molecule has 0 amide bonds. The first kappa shape index (κ1) is 12.4. The van der Waals surface area contributed by atoms with E-state index >= 15 is 0 Å². The largest absolute Gasteiger partial charge is 0.355 e. The highest BCUT2D eigenvalue weighted by Crippen LogP contribution is 2.23. The van der Waals surface area contributed by atoms with E-state index < -0.39 is 0 Å². The van der Waals surface area contributed by atoms with Crippen LogP contribution in [0.15, 0.2) is 78.9 Å². The lowest BCUT2D eigenvalue weighted by Crippen LogP contribution is -1.90. The van der Waals surface area contributed by atoms with Crippen molar-refractivity contribution in [2.24, 2.45) is 0 Å². The molecule has 2 heteroatoms. The predicted molar refractivity (Wildman–Crippen MR) is 81.6 cm³/mol. The molecule has 0 bridgehead atoms. The Morgan fingerprint density at radius 2 is 1.30 bits per heavy atom. The standard InChI is InChI=1S/C18H14FN/c19-16-7-4-8-18(13-16)20-17-11-9-15(10-12-17)14-5-2-1-3-6-14/h1-13,20H. The van der Waals surface area contributed by atoms with E-state index in [9.17, 15) is 4.39 Å². The summed E-state index contributed by atoms with van der Waals surface area (Å²) in [6.07, 6.45) is 0. The van der Waals surface area contributed by atoms with Gasteiger partial charge in [0.1, 0.15) is 5.82 Å². The van der Waals surface area contributed by atoms with Crippen molar-refractivity contribution >= 4 is 11.4 Å². The Kier molecular flexibility index (Phi) is 3.46. The third-order valence-electron chi connectivity index (χ3n) is 3.11. The van der Waals surface area contributed by atoms with Crippen LogP contribution in [0.3, 0.4) is 0 Å². The minimum absolute atomic E-state index is 0.240. The summed E-state index contributed by atoms with van der Waals surface area (Å²) in [5.74, 6) is -0.240. The molecule has 20 heavy (non-hydrogen) atoms. The van der Waals surface area contributed by atoms with E-state index in [1.54, 1.807) is 6.07 Å². The molecule has 0 radical (unpaired) electrons. The van der Waals surface area contributed by atoms with Gasteiger partial charge in [-0.05, 0) is 41.5 Å². The molecule has 1 N–H and O–H groups in total. The number of anilines is 2. The van der Waals surface area contributed by atoms with Crippen molar-refractivity contribution in [3.8, 4) is 11.1 Å². The maximum absolute atomic E-state index is 13.1. The molecule has 0 saturated carbocycles. The lowest BCUT2D eigenvalue weighted by atomic mass is 10.1. The van der Waals surface area contributed by atoms with E-state index in [2.05, 4.69) is 29.6 Å². The maximum atomic E-state index is 13.1. The van der Waals surface area contributed by atoms with Crippen LogP contribution in [0.1, 0.15) is 0 Å². The van der Waals surface area contributed by atoms with Gasteiger partial charge in [-0.1, -0.05) is 48.5 Å². The van der Waals surface area contributed by atoms with Crippen molar-refractivity contribution in [3.63, 3.8) is 0 Å². The van der Waals surface area contributed by atoms with Gasteiger partial charge in [-0.2, -0.15) is 0 Å². The summed E-state index contributed by atoms with van der Waals surface area (Å²) in [4.78, 5) is 0. The first-order valence-corrected chi connectivity index (χ1v) is 6.49. The zero-order valence-corrected chi connectivity index (χ0v) is 10.9. The van der Waals surface area contributed by atoms with E-state index in [0.717, 1.165) is 16.9 Å². The Balaban J connectivity index is 1.80. The molecule has 3 aromatic carbocycles. The van der Waals surface area contributed by atoms with Gasteiger partial charge in [0, 0.05) is 11.4 Å². The monoisotopic (exact) mass is 263 g/mol. The minimum atomic E-state index is -0.240. The quantitative estimate of drug-likeness (QED) is 0.681. The summed E-state index contributed by atoms with van der Waals surface area (Å²) in [6, 6.07) is 24.7. The normalized spacial score (nSPS) is 10.2. The van der Waals surface area contributed by atoms with Gasteiger partial charge >= 0.3 is 0 Å². The Bertz CT molecular complexity index is 690. The van der Waals surface area contributed by atoms with E-state index in [4.69, 9.17) is 0 Å². The summed E-state index contributed by atoms with van der Waals surface area (Å²) >= 11 is 0. The van der Waals surface area contributed by atoms with Crippen molar-refractivity contribution in [2.45, 2.75) is 0 Å². The molecule has 0 heterocycles. The molecule has 3 aromatic rings. The first-order chi connectivity index (χ1) is 9.81. The second-order valence-corrected chi connectivity index (χ2v) is 4.58. The molecule has 0 fully saturated rings. The third kappa shape index (κ3) is 2.86. The lowest BCUT2D eigenvalue weighted by Gasteiger charge is -2.08. The van der Waals surface area contributed by atoms with Crippen molar-refractivity contribution in [1.82, 2.24) is 0 Å². The highest BCUT2D eigenvalue weighted by molar-refractivity contribution is 5.68. The van der Waals surface area contributed by atoms with Gasteiger partial charge in [0.2, 0.25) is 0 Å². The van der Waals surface area contributed by atoms with E-state index in [0.29, 0.717) is 0 Å². The fourth-order valence-electron chi connectivity index (χ4n) is 2.11. The third-order valence-corrected chi connectivity index (χ3v) is 3.11. The fraction of sp³-hybridized carbons (Fsp3) is 0. The number of rotatable bonds is 3. The van der Waals surface area contributed by atoms with Crippen LogP contribution in [0, 0.1) is 5.82 Å². The molecule has 98 valence electrons. The highest BCUT2D eigenvalue weighted by atomic mass is 19.1. The number of nitrogens with one attached hydrogen (secondary N) is 1. The topological polar surface area (TPSA) is 12.0 Å². The van der Waals surface area contributed by atoms with Crippen LogP contribution in [0.2, 0.25) is 0 Å². The zero-order chi connectivity index (χ0) is 13.8. The van der Waals surface area contributed by atoms with Crippen molar-refractivity contribution in [1.29, 1.82) is 0 Å². The molecule has 0 aliphatic carbocycles.